The Hall–Kier alpha value is -4.98. The van der Waals surface area contributed by atoms with Crippen LogP contribution in [0.2, 0.25) is 0 Å². The number of benzene rings is 6. The molecule has 0 amide bonds. The van der Waals surface area contributed by atoms with Crippen LogP contribution < -0.4 is 20.7 Å². The summed E-state index contributed by atoms with van der Waals surface area (Å²) >= 11 is 0. The van der Waals surface area contributed by atoms with Gasteiger partial charge >= 0.3 is 0 Å². The number of para-hydroxylation sites is 2. The number of carbonyl (C=O) groups is 1. The van der Waals surface area contributed by atoms with Crippen LogP contribution in [0.4, 0.5) is 0 Å². The zero-order valence-corrected chi connectivity index (χ0v) is 28.3. The van der Waals surface area contributed by atoms with Crippen LogP contribution in [0.1, 0.15) is 54.0 Å². The number of carbonyl (C=O) groups excluding carboxylic acids is 1. The minimum Gasteiger partial charge on any atom is -0.456 e. The maximum Gasteiger partial charge on any atom is 0.174 e. The molecule has 0 fully saturated rings. The summed E-state index contributed by atoms with van der Waals surface area (Å²) in [5.41, 5.74) is 4.74. The summed E-state index contributed by atoms with van der Waals surface area (Å²) in [7, 11) is -3.33. The highest BCUT2D eigenvalue weighted by Crippen LogP contribution is 2.54. The highest BCUT2D eigenvalue weighted by molar-refractivity contribution is 7.85. The third-order valence-electron chi connectivity index (χ3n) is 9.74. The summed E-state index contributed by atoms with van der Waals surface area (Å²) < 4.78 is 22.6. The van der Waals surface area contributed by atoms with Crippen molar-refractivity contribution in [3.05, 3.63) is 186 Å². The molecule has 0 bridgehead atoms. The van der Waals surface area contributed by atoms with E-state index in [2.05, 4.69) is 62.4 Å². The molecule has 6 aromatic rings. The smallest absolute Gasteiger partial charge is 0.174 e. The van der Waals surface area contributed by atoms with Gasteiger partial charge in [-0.25, -0.2) is 0 Å². The van der Waals surface area contributed by atoms with Crippen molar-refractivity contribution in [1.29, 1.82) is 0 Å². The Morgan fingerprint density at radius 2 is 1.15 bits per heavy atom. The highest BCUT2D eigenvalue weighted by Gasteiger charge is 2.41. The lowest BCUT2D eigenvalue weighted by Gasteiger charge is -2.37. The lowest BCUT2D eigenvalue weighted by Crippen LogP contribution is -2.32. The molecule has 6 aromatic carbocycles. The van der Waals surface area contributed by atoms with E-state index < -0.39 is 12.6 Å². The van der Waals surface area contributed by atoms with Crippen LogP contribution in [0.3, 0.4) is 0 Å². The van der Waals surface area contributed by atoms with Crippen LogP contribution in [-0.2, 0) is 27.6 Å². The fourth-order valence-corrected chi connectivity index (χ4v) is 9.88. The second-order valence-corrected chi connectivity index (χ2v) is 15.8. The molecular weight excluding hydrogens is 607 g/mol. The molecule has 7 rings (SSSR count). The zero-order chi connectivity index (χ0) is 33.1. The summed E-state index contributed by atoms with van der Waals surface area (Å²) in [4.78, 5) is 14.0. The molecule has 0 radical (unpaired) electrons. The maximum absolute atomic E-state index is 15.6. The number of fused-ring (bicyclic) bond motifs is 2. The summed E-state index contributed by atoms with van der Waals surface area (Å²) in [6, 6.07) is 52.1. The second-order valence-electron chi connectivity index (χ2n) is 13.1. The number of rotatable bonds is 10. The van der Waals surface area contributed by atoms with Gasteiger partial charge in [-0.15, -0.1) is 0 Å². The first-order chi connectivity index (χ1) is 23.4. The molecule has 0 aromatic heterocycles. The van der Waals surface area contributed by atoms with Crippen molar-refractivity contribution in [2.75, 3.05) is 0 Å². The Kier molecular flexibility index (Phi) is 8.73. The quantitative estimate of drug-likeness (QED) is 0.139. The number of hydrogen-bond donors (Lipinski definition) is 0. The van der Waals surface area contributed by atoms with Crippen LogP contribution in [0.15, 0.2) is 158 Å². The maximum atomic E-state index is 15.6. The third-order valence-corrected chi connectivity index (χ3v) is 12.8. The molecular formula is C44H39O3P. The monoisotopic (exact) mass is 646 g/mol. The molecule has 0 spiro atoms. The molecule has 0 aliphatic carbocycles. The fourth-order valence-electron chi connectivity index (χ4n) is 7.09. The van der Waals surface area contributed by atoms with E-state index in [-0.39, 0.29) is 11.7 Å². The molecule has 1 heterocycles. The van der Waals surface area contributed by atoms with Crippen LogP contribution in [0.5, 0.6) is 11.5 Å². The molecule has 1 unspecified atom stereocenters. The highest BCUT2D eigenvalue weighted by atomic mass is 31.2. The van der Waals surface area contributed by atoms with Gasteiger partial charge in [0.1, 0.15) is 17.3 Å². The van der Waals surface area contributed by atoms with Gasteiger partial charge in [0.25, 0.3) is 0 Å². The minimum atomic E-state index is -3.33. The van der Waals surface area contributed by atoms with Crippen molar-refractivity contribution in [3.63, 3.8) is 0 Å². The van der Waals surface area contributed by atoms with Crippen molar-refractivity contribution in [3.8, 4) is 11.5 Å². The number of ketones is 1. The first-order valence-corrected chi connectivity index (χ1v) is 18.3. The molecule has 1 aliphatic heterocycles. The SMILES string of the molecule is CC1(C)c2cccc(CC(C(=O)CCc3ccccc3)c3ccccc3)c2Oc2c1cccc2P(=O)(c1ccccc1)c1ccccc1. The van der Waals surface area contributed by atoms with E-state index in [1.54, 1.807) is 0 Å². The van der Waals surface area contributed by atoms with Crippen LogP contribution in [0.25, 0.3) is 0 Å². The molecule has 1 atom stereocenters. The van der Waals surface area contributed by atoms with Gasteiger partial charge in [-0.05, 0) is 35.6 Å². The van der Waals surface area contributed by atoms with Gasteiger partial charge in [0.15, 0.2) is 7.14 Å². The Bertz CT molecular complexity index is 2040. The van der Waals surface area contributed by atoms with Crippen molar-refractivity contribution < 1.29 is 14.1 Å². The predicted molar refractivity (Wildman–Crippen MR) is 197 cm³/mol. The van der Waals surface area contributed by atoms with Crippen LogP contribution in [-0.4, -0.2) is 5.78 Å². The molecule has 0 saturated carbocycles. The minimum absolute atomic E-state index is 0.205. The molecule has 3 nitrogen and oxygen atoms in total. The molecule has 0 saturated heterocycles. The van der Waals surface area contributed by atoms with Gasteiger partial charge in [0.05, 0.1) is 5.30 Å². The Labute approximate surface area is 283 Å². The molecule has 0 N–H and O–H groups in total. The van der Waals surface area contributed by atoms with Gasteiger partial charge in [0, 0.05) is 39.5 Å². The van der Waals surface area contributed by atoms with Crippen molar-refractivity contribution in [1.82, 2.24) is 0 Å². The Balaban J connectivity index is 1.32. The number of hydrogen-bond acceptors (Lipinski definition) is 3. The average Bonchev–Trinajstić information content (AvgIpc) is 3.14. The summed E-state index contributed by atoms with van der Waals surface area (Å²) in [5, 5.41) is 2.21. The van der Waals surface area contributed by atoms with Crippen LogP contribution >= 0.6 is 7.14 Å². The van der Waals surface area contributed by atoms with Gasteiger partial charge < -0.3 is 9.30 Å². The molecule has 48 heavy (non-hydrogen) atoms. The lowest BCUT2D eigenvalue weighted by molar-refractivity contribution is -0.120. The topological polar surface area (TPSA) is 43.4 Å². The number of Topliss-reactive ketones (excluding diaryl/α,β-unsaturated/α-hetero) is 1. The second kappa shape index (κ2) is 13.3. The summed E-state index contributed by atoms with van der Waals surface area (Å²) in [5.74, 6) is 1.28. The average molecular weight is 647 g/mol. The third kappa shape index (κ3) is 5.84. The Morgan fingerprint density at radius 3 is 1.75 bits per heavy atom. The van der Waals surface area contributed by atoms with E-state index in [1.165, 1.54) is 0 Å². The first-order valence-electron chi connectivity index (χ1n) is 16.6. The van der Waals surface area contributed by atoms with Crippen molar-refractivity contribution in [2.24, 2.45) is 0 Å². The van der Waals surface area contributed by atoms with Crippen LogP contribution in [0, 0.1) is 0 Å². The molecule has 4 heteroatoms. The first kappa shape index (κ1) is 31.6. The largest absolute Gasteiger partial charge is 0.456 e. The van der Waals surface area contributed by atoms with Gasteiger partial charge in [-0.2, -0.15) is 0 Å². The molecule has 1 aliphatic rings. The lowest BCUT2D eigenvalue weighted by atomic mass is 9.74. The van der Waals surface area contributed by atoms with E-state index in [0.717, 1.165) is 44.2 Å². The summed E-state index contributed by atoms with van der Waals surface area (Å²) in [6.07, 6.45) is 1.66. The van der Waals surface area contributed by atoms with Gasteiger partial charge in [-0.3, -0.25) is 4.79 Å². The predicted octanol–water partition coefficient (Wildman–Crippen LogP) is 9.29. The standard InChI is InChI=1S/C44H39O3P/c1-44(2)38-26-15-21-34(31-37(33-19-9-4-10-20-33)40(45)30-29-32-17-7-3-8-18-32)42(38)47-43-39(44)27-16-28-41(43)48(46,35-22-11-5-12-23-35)36-24-13-6-14-25-36/h3-28,37H,29-31H2,1-2H3. The van der Waals surface area contributed by atoms with E-state index in [4.69, 9.17) is 4.74 Å². The number of ether oxygens (including phenoxy) is 1. The van der Waals surface area contributed by atoms with Gasteiger partial charge in [0.2, 0.25) is 0 Å². The van der Waals surface area contributed by atoms with Crippen molar-refractivity contribution >= 4 is 28.8 Å². The van der Waals surface area contributed by atoms with Gasteiger partial charge in [-0.1, -0.05) is 166 Å². The van der Waals surface area contributed by atoms with E-state index in [1.807, 2.05) is 109 Å². The Morgan fingerprint density at radius 1 is 0.625 bits per heavy atom. The van der Waals surface area contributed by atoms with Crippen molar-refractivity contribution in [2.45, 2.75) is 44.4 Å². The zero-order valence-electron chi connectivity index (χ0n) is 27.4. The number of aryl methyl sites for hydroxylation is 1. The summed E-state index contributed by atoms with van der Waals surface area (Å²) in [6.45, 7) is 4.41. The normalized spacial score (nSPS) is 13.9. The molecule has 238 valence electrons. The van der Waals surface area contributed by atoms with E-state index in [9.17, 15) is 4.79 Å². The van der Waals surface area contributed by atoms with E-state index in [0.29, 0.717) is 30.3 Å². The van der Waals surface area contributed by atoms with E-state index >= 15 is 4.57 Å². The fraction of sp³-hybridized carbons (Fsp3) is 0.159.